The lowest BCUT2D eigenvalue weighted by atomic mass is 9.98. The number of rotatable bonds is 5. The van der Waals surface area contributed by atoms with Gasteiger partial charge in [-0.1, -0.05) is 30.3 Å². The van der Waals surface area contributed by atoms with Gasteiger partial charge in [0.25, 0.3) is 0 Å². The summed E-state index contributed by atoms with van der Waals surface area (Å²) in [6.07, 6.45) is 3.37. The first-order valence-electron chi connectivity index (χ1n) is 9.02. The molecular weight excluding hydrogens is 338 g/mol. The molecule has 0 bridgehead atoms. The number of hydrogen-bond acceptors (Lipinski definition) is 3. The van der Waals surface area contributed by atoms with Crippen molar-refractivity contribution in [1.82, 2.24) is 5.32 Å². The Morgan fingerprint density at radius 3 is 2.59 bits per heavy atom. The van der Waals surface area contributed by atoms with Crippen LogP contribution in [-0.4, -0.2) is 13.0 Å². The van der Waals surface area contributed by atoms with Gasteiger partial charge in [0.15, 0.2) is 0 Å². The Morgan fingerprint density at radius 2 is 1.93 bits per heavy atom. The lowest BCUT2D eigenvalue weighted by molar-refractivity contribution is -0.117. The van der Waals surface area contributed by atoms with Crippen molar-refractivity contribution in [3.8, 4) is 5.75 Å². The molecule has 140 valence electrons. The van der Waals surface area contributed by atoms with Crippen LogP contribution in [0.1, 0.15) is 42.1 Å². The van der Waals surface area contributed by atoms with Crippen LogP contribution in [0, 0.1) is 13.8 Å². The van der Waals surface area contributed by atoms with Crippen LogP contribution < -0.4 is 10.1 Å². The van der Waals surface area contributed by atoms with Crippen molar-refractivity contribution in [3.05, 3.63) is 71.0 Å². The Balaban J connectivity index is 1.91. The fourth-order valence-corrected chi connectivity index (χ4v) is 3.35. The minimum atomic E-state index is -0.132. The van der Waals surface area contributed by atoms with Gasteiger partial charge in [0.05, 0.1) is 19.4 Å². The van der Waals surface area contributed by atoms with Gasteiger partial charge in [-0.2, -0.15) is 0 Å². The van der Waals surface area contributed by atoms with Crippen LogP contribution in [0.5, 0.6) is 5.75 Å². The van der Waals surface area contributed by atoms with E-state index in [1.807, 2.05) is 64.1 Å². The first-order chi connectivity index (χ1) is 12.9. The highest BCUT2D eigenvalue weighted by Gasteiger charge is 2.17. The molecule has 1 aromatic heterocycles. The van der Waals surface area contributed by atoms with E-state index in [0.717, 1.165) is 44.5 Å². The van der Waals surface area contributed by atoms with Gasteiger partial charge < -0.3 is 14.5 Å². The number of benzene rings is 2. The average molecular weight is 363 g/mol. The fourth-order valence-electron chi connectivity index (χ4n) is 3.35. The molecule has 3 rings (SSSR count). The molecule has 1 N–H and O–H groups in total. The first-order valence-corrected chi connectivity index (χ1v) is 9.02. The molecule has 1 amide bonds. The predicted octanol–water partition coefficient (Wildman–Crippen LogP) is 5.34. The van der Waals surface area contributed by atoms with Gasteiger partial charge in [-0.15, -0.1) is 0 Å². The van der Waals surface area contributed by atoms with E-state index in [0.29, 0.717) is 0 Å². The van der Waals surface area contributed by atoms with Gasteiger partial charge in [0.2, 0.25) is 5.91 Å². The van der Waals surface area contributed by atoms with Crippen LogP contribution in [-0.2, 0) is 4.79 Å². The van der Waals surface area contributed by atoms with Crippen molar-refractivity contribution >= 4 is 22.4 Å². The average Bonchev–Trinajstić information content (AvgIpc) is 3.03. The van der Waals surface area contributed by atoms with Crippen molar-refractivity contribution in [2.45, 2.75) is 33.7 Å². The minimum Gasteiger partial charge on any atom is -0.496 e. The molecule has 0 spiro atoms. The zero-order valence-corrected chi connectivity index (χ0v) is 16.4. The molecule has 0 saturated heterocycles. The Labute approximate surface area is 159 Å². The molecule has 1 heterocycles. The zero-order valence-electron chi connectivity index (χ0n) is 16.4. The second-order valence-electron chi connectivity index (χ2n) is 6.85. The van der Waals surface area contributed by atoms with Crippen LogP contribution in [0.4, 0.5) is 0 Å². The zero-order chi connectivity index (χ0) is 19.6. The van der Waals surface area contributed by atoms with E-state index in [1.165, 1.54) is 0 Å². The van der Waals surface area contributed by atoms with Crippen LogP contribution in [0.25, 0.3) is 16.5 Å². The third-order valence-electron chi connectivity index (χ3n) is 4.87. The summed E-state index contributed by atoms with van der Waals surface area (Å²) < 4.78 is 11.3. The molecule has 0 radical (unpaired) electrons. The third kappa shape index (κ3) is 3.75. The molecule has 0 saturated carbocycles. The first kappa shape index (κ1) is 18.8. The highest BCUT2D eigenvalue weighted by molar-refractivity contribution is 5.98. The van der Waals surface area contributed by atoms with E-state index < -0.39 is 0 Å². The molecule has 4 heteroatoms. The van der Waals surface area contributed by atoms with Crippen molar-refractivity contribution in [1.29, 1.82) is 0 Å². The Bertz CT molecular complexity index is 999. The van der Waals surface area contributed by atoms with Crippen LogP contribution in [0.3, 0.4) is 0 Å². The van der Waals surface area contributed by atoms with E-state index in [1.54, 1.807) is 19.4 Å². The van der Waals surface area contributed by atoms with Gasteiger partial charge in [-0.05, 0) is 50.5 Å². The summed E-state index contributed by atoms with van der Waals surface area (Å²) in [5.41, 5.74) is 5.63. The molecule has 0 aliphatic carbocycles. The Morgan fingerprint density at radius 1 is 1.22 bits per heavy atom. The van der Waals surface area contributed by atoms with E-state index in [-0.39, 0.29) is 11.9 Å². The number of furan rings is 1. The second kappa shape index (κ2) is 7.70. The van der Waals surface area contributed by atoms with E-state index in [2.05, 4.69) is 5.32 Å². The number of aryl methyl sites for hydroxylation is 2. The molecule has 2 aromatic carbocycles. The van der Waals surface area contributed by atoms with Gasteiger partial charge in [0.1, 0.15) is 11.3 Å². The van der Waals surface area contributed by atoms with E-state index in [9.17, 15) is 4.79 Å². The number of fused-ring (bicyclic) bond motifs is 1. The molecule has 4 nitrogen and oxygen atoms in total. The summed E-state index contributed by atoms with van der Waals surface area (Å²) in [4.78, 5) is 12.5. The number of amides is 1. The highest BCUT2D eigenvalue weighted by Crippen LogP contribution is 2.37. The molecule has 27 heavy (non-hydrogen) atoms. The number of nitrogens with one attached hydrogen (secondary N) is 1. The number of methoxy groups -OCH3 is 1. The molecule has 0 aliphatic heterocycles. The lowest BCUT2D eigenvalue weighted by Gasteiger charge is -2.15. The lowest BCUT2D eigenvalue weighted by Crippen LogP contribution is -2.24. The maximum absolute atomic E-state index is 12.5. The smallest absolute Gasteiger partial charge is 0.244 e. The largest absolute Gasteiger partial charge is 0.496 e. The normalized spacial score (nSPS) is 12.9. The second-order valence-corrected chi connectivity index (χ2v) is 6.85. The summed E-state index contributed by atoms with van der Waals surface area (Å²) in [6, 6.07) is 11.9. The van der Waals surface area contributed by atoms with Gasteiger partial charge >= 0.3 is 0 Å². The third-order valence-corrected chi connectivity index (χ3v) is 4.87. The SMILES string of the molecule is COc1c(/C(C)=C/C(=O)NC(C)c2ccccc2)cc2c(C)coc2c1C. The maximum atomic E-state index is 12.5. The monoisotopic (exact) mass is 363 g/mol. The maximum Gasteiger partial charge on any atom is 0.244 e. The van der Waals surface area contributed by atoms with Crippen LogP contribution in [0.15, 0.2) is 53.2 Å². The summed E-state index contributed by atoms with van der Waals surface area (Å²) >= 11 is 0. The molecule has 0 fully saturated rings. The van der Waals surface area contributed by atoms with Crippen LogP contribution >= 0.6 is 0 Å². The number of carbonyl (C=O) groups excluding carboxylic acids is 1. The summed E-state index contributed by atoms with van der Waals surface area (Å²) in [6.45, 7) is 7.88. The standard InChI is InChI=1S/C23H25NO3/c1-14(11-21(25)24-17(4)18-9-7-6-8-10-18)19-12-20-15(2)13-27-23(20)16(3)22(19)26-5/h6-13,17H,1-5H3,(H,24,25)/b14-11+. The van der Waals surface area contributed by atoms with Crippen molar-refractivity contribution in [3.63, 3.8) is 0 Å². The quantitative estimate of drug-likeness (QED) is 0.623. The molecule has 3 aromatic rings. The minimum absolute atomic E-state index is 0.0648. The summed E-state index contributed by atoms with van der Waals surface area (Å²) in [5, 5.41) is 4.05. The topological polar surface area (TPSA) is 51.5 Å². The van der Waals surface area contributed by atoms with Gasteiger partial charge in [-0.25, -0.2) is 0 Å². The summed E-state index contributed by atoms with van der Waals surface area (Å²) in [7, 11) is 1.64. The molecule has 1 atom stereocenters. The Kier molecular flexibility index (Phi) is 5.36. The van der Waals surface area contributed by atoms with Crippen molar-refractivity contribution in [2.24, 2.45) is 0 Å². The summed E-state index contributed by atoms with van der Waals surface area (Å²) in [5.74, 6) is 0.599. The van der Waals surface area contributed by atoms with Gasteiger partial charge in [0, 0.05) is 22.6 Å². The van der Waals surface area contributed by atoms with Gasteiger partial charge in [-0.3, -0.25) is 4.79 Å². The predicted molar refractivity (Wildman–Crippen MR) is 109 cm³/mol. The van der Waals surface area contributed by atoms with Crippen molar-refractivity contribution in [2.75, 3.05) is 7.11 Å². The fraction of sp³-hybridized carbons (Fsp3) is 0.261. The number of ether oxygens (including phenoxy) is 1. The molecule has 0 aliphatic rings. The number of hydrogen-bond donors (Lipinski definition) is 1. The van der Waals surface area contributed by atoms with Crippen LogP contribution in [0.2, 0.25) is 0 Å². The van der Waals surface area contributed by atoms with Crippen molar-refractivity contribution < 1.29 is 13.9 Å². The molecular formula is C23H25NO3. The molecule has 1 unspecified atom stereocenters. The van der Waals surface area contributed by atoms with E-state index in [4.69, 9.17) is 9.15 Å². The number of allylic oxidation sites excluding steroid dienone is 1. The Hall–Kier alpha value is -3.01. The number of carbonyl (C=O) groups is 1. The highest BCUT2D eigenvalue weighted by atomic mass is 16.5. The van der Waals surface area contributed by atoms with E-state index >= 15 is 0 Å².